The summed E-state index contributed by atoms with van der Waals surface area (Å²) in [5, 5.41) is 9.07. The SMILES string of the molecule is N[C@@H](c1cc(F)ccc1O)C(F)F. The molecule has 0 radical (unpaired) electrons. The molecule has 0 spiro atoms. The maximum atomic E-state index is 12.6. The van der Waals surface area contributed by atoms with Gasteiger partial charge in [-0.15, -0.1) is 0 Å². The third kappa shape index (κ3) is 2.12. The van der Waals surface area contributed by atoms with Crippen molar-refractivity contribution >= 4 is 0 Å². The van der Waals surface area contributed by atoms with E-state index < -0.39 is 24.0 Å². The molecule has 3 N–H and O–H groups in total. The van der Waals surface area contributed by atoms with Crippen molar-refractivity contribution in [3.05, 3.63) is 29.6 Å². The van der Waals surface area contributed by atoms with Crippen LogP contribution in [0.1, 0.15) is 11.6 Å². The van der Waals surface area contributed by atoms with E-state index in [2.05, 4.69) is 0 Å². The van der Waals surface area contributed by atoms with E-state index in [1.165, 1.54) is 0 Å². The van der Waals surface area contributed by atoms with Gasteiger partial charge in [0.05, 0.1) is 6.04 Å². The van der Waals surface area contributed by atoms with E-state index >= 15 is 0 Å². The van der Waals surface area contributed by atoms with Gasteiger partial charge in [-0.1, -0.05) is 0 Å². The van der Waals surface area contributed by atoms with E-state index in [0.29, 0.717) is 0 Å². The Labute approximate surface area is 72.8 Å². The average Bonchev–Trinajstić information content (AvgIpc) is 2.08. The molecular formula is C8H8F3NO. The molecule has 0 amide bonds. The maximum Gasteiger partial charge on any atom is 0.257 e. The van der Waals surface area contributed by atoms with E-state index in [-0.39, 0.29) is 5.56 Å². The lowest BCUT2D eigenvalue weighted by atomic mass is 10.1. The Morgan fingerprint density at radius 2 is 1.92 bits per heavy atom. The number of phenolic OH excluding ortho intramolecular Hbond substituents is 1. The fourth-order valence-electron chi connectivity index (χ4n) is 0.928. The Kier molecular flexibility index (Phi) is 2.77. The quantitative estimate of drug-likeness (QED) is 0.748. The molecule has 0 unspecified atom stereocenters. The molecule has 0 saturated carbocycles. The first-order chi connectivity index (χ1) is 6.02. The van der Waals surface area contributed by atoms with E-state index in [1.54, 1.807) is 0 Å². The zero-order chi connectivity index (χ0) is 10.0. The molecule has 0 fully saturated rings. The van der Waals surface area contributed by atoms with Crippen molar-refractivity contribution in [1.82, 2.24) is 0 Å². The van der Waals surface area contributed by atoms with Gasteiger partial charge in [0.25, 0.3) is 6.43 Å². The lowest BCUT2D eigenvalue weighted by molar-refractivity contribution is 0.115. The van der Waals surface area contributed by atoms with Crippen LogP contribution in [-0.4, -0.2) is 11.5 Å². The Bertz CT molecular complexity index is 303. The Morgan fingerprint density at radius 3 is 2.46 bits per heavy atom. The van der Waals surface area contributed by atoms with E-state index in [1.807, 2.05) is 0 Å². The smallest absolute Gasteiger partial charge is 0.257 e. The van der Waals surface area contributed by atoms with Gasteiger partial charge in [0, 0.05) is 5.56 Å². The van der Waals surface area contributed by atoms with Crippen molar-refractivity contribution in [2.75, 3.05) is 0 Å². The van der Waals surface area contributed by atoms with Crippen LogP contribution in [0.25, 0.3) is 0 Å². The van der Waals surface area contributed by atoms with Gasteiger partial charge in [0.1, 0.15) is 11.6 Å². The van der Waals surface area contributed by atoms with Crippen LogP contribution in [0.2, 0.25) is 0 Å². The molecule has 2 nitrogen and oxygen atoms in total. The largest absolute Gasteiger partial charge is 0.508 e. The van der Waals surface area contributed by atoms with Crippen molar-refractivity contribution in [3.8, 4) is 5.75 Å². The highest BCUT2D eigenvalue weighted by atomic mass is 19.3. The molecule has 0 bridgehead atoms. The first kappa shape index (κ1) is 9.85. The Balaban J connectivity index is 3.05. The molecule has 13 heavy (non-hydrogen) atoms. The molecule has 0 aliphatic rings. The number of halogens is 3. The molecule has 72 valence electrons. The zero-order valence-electron chi connectivity index (χ0n) is 6.55. The summed E-state index contributed by atoms with van der Waals surface area (Å²) in [6.45, 7) is 0. The van der Waals surface area contributed by atoms with Crippen LogP contribution < -0.4 is 5.73 Å². The van der Waals surface area contributed by atoms with Crippen LogP contribution in [0.4, 0.5) is 13.2 Å². The van der Waals surface area contributed by atoms with Crippen molar-refractivity contribution in [3.63, 3.8) is 0 Å². The van der Waals surface area contributed by atoms with Crippen LogP contribution in [0.15, 0.2) is 18.2 Å². The summed E-state index contributed by atoms with van der Waals surface area (Å²) in [5.74, 6) is -1.13. The number of alkyl halides is 2. The van der Waals surface area contributed by atoms with E-state index in [4.69, 9.17) is 10.8 Å². The van der Waals surface area contributed by atoms with Gasteiger partial charge in [-0.25, -0.2) is 13.2 Å². The van der Waals surface area contributed by atoms with Crippen LogP contribution in [0.5, 0.6) is 5.75 Å². The van der Waals surface area contributed by atoms with Crippen LogP contribution in [0.3, 0.4) is 0 Å². The number of benzene rings is 1. The van der Waals surface area contributed by atoms with Gasteiger partial charge in [-0.3, -0.25) is 0 Å². The molecule has 0 aliphatic heterocycles. The predicted octanol–water partition coefficient (Wildman–Crippen LogP) is 1.80. The normalized spacial score (nSPS) is 13.3. The third-order valence-corrected chi connectivity index (χ3v) is 1.62. The van der Waals surface area contributed by atoms with Gasteiger partial charge >= 0.3 is 0 Å². The summed E-state index contributed by atoms with van der Waals surface area (Å²) < 4.78 is 36.7. The van der Waals surface area contributed by atoms with Gasteiger partial charge in [0.15, 0.2) is 0 Å². The fraction of sp³-hybridized carbons (Fsp3) is 0.250. The number of phenols is 1. The lowest BCUT2D eigenvalue weighted by Crippen LogP contribution is -2.19. The second kappa shape index (κ2) is 3.66. The maximum absolute atomic E-state index is 12.6. The average molecular weight is 191 g/mol. The highest BCUT2D eigenvalue weighted by Gasteiger charge is 2.20. The first-order valence-electron chi connectivity index (χ1n) is 3.54. The number of aromatic hydroxyl groups is 1. The summed E-state index contributed by atoms with van der Waals surface area (Å²) in [7, 11) is 0. The molecule has 1 atom stereocenters. The van der Waals surface area contributed by atoms with Crippen LogP contribution in [0, 0.1) is 5.82 Å². The van der Waals surface area contributed by atoms with Gasteiger partial charge in [-0.2, -0.15) is 0 Å². The van der Waals surface area contributed by atoms with E-state index in [9.17, 15) is 13.2 Å². The summed E-state index contributed by atoms with van der Waals surface area (Å²) in [6.07, 6.45) is -2.83. The van der Waals surface area contributed by atoms with Crippen LogP contribution in [-0.2, 0) is 0 Å². The number of hydrogen-bond donors (Lipinski definition) is 2. The molecule has 1 rings (SSSR count). The number of rotatable bonds is 2. The van der Waals surface area contributed by atoms with Crippen molar-refractivity contribution in [2.45, 2.75) is 12.5 Å². The molecule has 1 aromatic carbocycles. The van der Waals surface area contributed by atoms with Gasteiger partial charge in [0.2, 0.25) is 0 Å². The Morgan fingerprint density at radius 1 is 1.31 bits per heavy atom. The molecule has 0 saturated heterocycles. The molecule has 0 aromatic heterocycles. The van der Waals surface area contributed by atoms with Crippen molar-refractivity contribution < 1.29 is 18.3 Å². The molecular weight excluding hydrogens is 183 g/mol. The molecule has 5 heteroatoms. The highest BCUT2D eigenvalue weighted by Crippen LogP contribution is 2.27. The lowest BCUT2D eigenvalue weighted by Gasteiger charge is -2.12. The predicted molar refractivity (Wildman–Crippen MR) is 41.0 cm³/mol. The fourth-order valence-corrected chi connectivity index (χ4v) is 0.928. The summed E-state index contributed by atoms with van der Waals surface area (Å²) in [4.78, 5) is 0. The molecule has 1 aromatic rings. The second-order valence-electron chi connectivity index (χ2n) is 2.56. The summed E-state index contributed by atoms with van der Waals surface area (Å²) in [6, 6.07) is 1.10. The summed E-state index contributed by atoms with van der Waals surface area (Å²) >= 11 is 0. The minimum Gasteiger partial charge on any atom is -0.508 e. The topological polar surface area (TPSA) is 46.2 Å². The van der Waals surface area contributed by atoms with Crippen molar-refractivity contribution in [2.24, 2.45) is 5.73 Å². The van der Waals surface area contributed by atoms with Gasteiger partial charge in [-0.05, 0) is 18.2 Å². The Hall–Kier alpha value is -1.23. The monoisotopic (exact) mass is 191 g/mol. The highest BCUT2D eigenvalue weighted by molar-refractivity contribution is 5.35. The summed E-state index contributed by atoms with van der Waals surface area (Å²) in [5.41, 5.74) is 4.75. The minimum atomic E-state index is -2.83. The van der Waals surface area contributed by atoms with Crippen LogP contribution >= 0.6 is 0 Å². The molecule has 0 aliphatic carbocycles. The van der Waals surface area contributed by atoms with Crippen molar-refractivity contribution in [1.29, 1.82) is 0 Å². The first-order valence-corrected chi connectivity index (χ1v) is 3.54. The standard InChI is InChI=1S/C8H8F3NO/c9-4-1-2-6(13)5(3-4)7(12)8(10)11/h1-3,7-8,13H,12H2/t7-/m0/s1. The second-order valence-corrected chi connectivity index (χ2v) is 2.56. The zero-order valence-corrected chi connectivity index (χ0v) is 6.55. The third-order valence-electron chi connectivity index (χ3n) is 1.62. The van der Waals surface area contributed by atoms with E-state index in [0.717, 1.165) is 18.2 Å². The number of nitrogens with two attached hydrogens (primary N) is 1. The number of hydrogen-bond acceptors (Lipinski definition) is 2. The molecule has 0 heterocycles. The van der Waals surface area contributed by atoms with Gasteiger partial charge < -0.3 is 10.8 Å². The minimum absolute atomic E-state index is 0.282.